The van der Waals surface area contributed by atoms with Crippen LogP contribution in [0.25, 0.3) is 5.69 Å². The summed E-state index contributed by atoms with van der Waals surface area (Å²) in [5.74, 6) is -0.359. The number of carbonyl (C=O) groups is 2. The van der Waals surface area contributed by atoms with Crippen molar-refractivity contribution in [3.8, 4) is 5.69 Å². The summed E-state index contributed by atoms with van der Waals surface area (Å²) in [6, 6.07) is 12.0. The second kappa shape index (κ2) is 6.10. The summed E-state index contributed by atoms with van der Waals surface area (Å²) in [5.41, 5.74) is 6.72. The summed E-state index contributed by atoms with van der Waals surface area (Å²) in [6.07, 6.45) is 4.48. The van der Waals surface area contributed by atoms with Crippen LogP contribution in [0.1, 0.15) is 20.8 Å². The molecular weight excluding hydrogens is 294 g/mol. The van der Waals surface area contributed by atoms with Crippen molar-refractivity contribution >= 4 is 17.6 Å². The highest BCUT2D eigenvalue weighted by Gasteiger charge is 2.11. The molecule has 1 aromatic carbocycles. The highest BCUT2D eigenvalue weighted by molar-refractivity contribution is 6.03. The third-order valence-corrected chi connectivity index (χ3v) is 3.21. The number of nitrogens with one attached hydrogen (secondary N) is 1. The van der Waals surface area contributed by atoms with Gasteiger partial charge in [-0.25, -0.2) is 9.97 Å². The van der Waals surface area contributed by atoms with Gasteiger partial charge < -0.3 is 11.1 Å². The van der Waals surface area contributed by atoms with Gasteiger partial charge in [0.25, 0.3) is 11.8 Å². The van der Waals surface area contributed by atoms with Crippen molar-refractivity contribution in [2.45, 2.75) is 0 Å². The first-order chi connectivity index (χ1) is 11.1. The van der Waals surface area contributed by atoms with E-state index in [4.69, 9.17) is 5.73 Å². The molecule has 2 amide bonds. The molecule has 0 aliphatic carbocycles. The first-order valence-electron chi connectivity index (χ1n) is 6.80. The molecule has 0 unspecified atom stereocenters. The van der Waals surface area contributed by atoms with Gasteiger partial charge in [0.2, 0.25) is 0 Å². The molecule has 0 spiro atoms. The Hall–Kier alpha value is -3.48. The van der Waals surface area contributed by atoms with E-state index in [1.54, 1.807) is 53.2 Å². The number of hydrogen-bond acceptors (Lipinski definition) is 4. The number of primary amides is 1. The largest absolute Gasteiger partial charge is 0.364 e. The topological polar surface area (TPSA) is 103 Å². The molecule has 2 aromatic heterocycles. The second-order valence-electron chi connectivity index (χ2n) is 4.73. The summed E-state index contributed by atoms with van der Waals surface area (Å²) in [4.78, 5) is 31.4. The highest BCUT2D eigenvalue weighted by atomic mass is 16.2. The number of aromatic nitrogens is 3. The maximum absolute atomic E-state index is 12.1. The molecule has 0 aliphatic heterocycles. The maximum atomic E-state index is 12.1. The van der Waals surface area contributed by atoms with Crippen LogP contribution in [0.4, 0.5) is 5.82 Å². The van der Waals surface area contributed by atoms with Crippen LogP contribution in [-0.4, -0.2) is 26.3 Å². The van der Waals surface area contributed by atoms with Crippen LogP contribution in [0.2, 0.25) is 0 Å². The average molecular weight is 307 g/mol. The van der Waals surface area contributed by atoms with E-state index in [-0.39, 0.29) is 11.6 Å². The van der Waals surface area contributed by atoms with Gasteiger partial charge in [0.1, 0.15) is 11.5 Å². The van der Waals surface area contributed by atoms with Gasteiger partial charge >= 0.3 is 0 Å². The minimum Gasteiger partial charge on any atom is -0.364 e. The number of imidazole rings is 1. The van der Waals surface area contributed by atoms with Crippen molar-refractivity contribution in [1.29, 1.82) is 0 Å². The van der Waals surface area contributed by atoms with Gasteiger partial charge in [-0.05, 0) is 36.4 Å². The number of rotatable bonds is 4. The Labute approximate surface area is 131 Å². The third kappa shape index (κ3) is 3.08. The van der Waals surface area contributed by atoms with E-state index in [0.717, 1.165) is 0 Å². The number of anilines is 1. The molecule has 114 valence electrons. The molecule has 23 heavy (non-hydrogen) atoms. The van der Waals surface area contributed by atoms with Crippen molar-refractivity contribution in [1.82, 2.24) is 14.5 Å². The van der Waals surface area contributed by atoms with Crippen molar-refractivity contribution in [2.75, 3.05) is 5.32 Å². The predicted octanol–water partition coefficient (Wildman–Crippen LogP) is 1.62. The van der Waals surface area contributed by atoms with Gasteiger partial charge in [-0.15, -0.1) is 0 Å². The molecule has 3 rings (SSSR count). The smallest absolute Gasteiger partial charge is 0.267 e. The lowest BCUT2D eigenvalue weighted by Crippen LogP contribution is -2.16. The molecule has 3 aromatic rings. The van der Waals surface area contributed by atoms with Crippen molar-refractivity contribution in [3.05, 3.63) is 72.4 Å². The van der Waals surface area contributed by atoms with Gasteiger partial charge in [-0.2, -0.15) is 0 Å². The number of benzene rings is 1. The van der Waals surface area contributed by atoms with E-state index in [9.17, 15) is 9.59 Å². The molecule has 0 bridgehead atoms. The fraction of sp³-hybridized carbons (Fsp3) is 0. The number of nitrogens with two attached hydrogens (primary N) is 1. The lowest BCUT2D eigenvalue weighted by molar-refractivity contribution is 0.0991. The minimum atomic E-state index is -0.570. The first kappa shape index (κ1) is 14.5. The van der Waals surface area contributed by atoms with Crippen LogP contribution < -0.4 is 11.1 Å². The van der Waals surface area contributed by atoms with Crippen LogP contribution in [0, 0.1) is 0 Å². The number of carbonyl (C=O) groups excluding carboxylic acids is 2. The number of pyridine rings is 1. The molecule has 2 heterocycles. The third-order valence-electron chi connectivity index (χ3n) is 3.21. The second-order valence-corrected chi connectivity index (χ2v) is 4.73. The molecule has 0 saturated carbocycles. The molecule has 0 atom stereocenters. The standard InChI is InChI=1S/C16H13N5O2/c17-15(22)13-9-18-10-21(13)12-6-4-11(5-7-12)16(23)20-14-3-1-2-8-19-14/h1-10H,(H2,17,22)(H,19,20,23). The Kier molecular flexibility index (Phi) is 3.84. The summed E-state index contributed by atoms with van der Waals surface area (Å²) in [7, 11) is 0. The Balaban J connectivity index is 1.80. The van der Waals surface area contributed by atoms with E-state index in [1.807, 2.05) is 0 Å². The molecule has 3 N–H and O–H groups in total. The predicted molar refractivity (Wildman–Crippen MR) is 84.3 cm³/mol. The maximum Gasteiger partial charge on any atom is 0.267 e. The molecule has 0 radical (unpaired) electrons. The van der Waals surface area contributed by atoms with E-state index >= 15 is 0 Å². The molecule has 7 nitrogen and oxygen atoms in total. The van der Waals surface area contributed by atoms with Crippen LogP contribution in [0.3, 0.4) is 0 Å². The van der Waals surface area contributed by atoms with Gasteiger partial charge in [0.15, 0.2) is 0 Å². The minimum absolute atomic E-state index is 0.268. The van der Waals surface area contributed by atoms with E-state index < -0.39 is 5.91 Å². The van der Waals surface area contributed by atoms with Gasteiger partial charge in [0, 0.05) is 17.4 Å². The van der Waals surface area contributed by atoms with Crippen LogP contribution in [-0.2, 0) is 0 Å². The average Bonchev–Trinajstić information content (AvgIpc) is 3.06. The quantitative estimate of drug-likeness (QED) is 0.764. The Morgan fingerprint density at radius 2 is 1.87 bits per heavy atom. The zero-order chi connectivity index (χ0) is 16.2. The monoisotopic (exact) mass is 307 g/mol. The summed E-state index contributed by atoms with van der Waals surface area (Å²) in [6.45, 7) is 0. The van der Waals surface area contributed by atoms with E-state index in [0.29, 0.717) is 17.1 Å². The Morgan fingerprint density at radius 3 is 2.52 bits per heavy atom. The normalized spacial score (nSPS) is 10.3. The van der Waals surface area contributed by atoms with Crippen molar-refractivity contribution in [3.63, 3.8) is 0 Å². The van der Waals surface area contributed by atoms with E-state index in [1.165, 1.54) is 12.5 Å². The Morgan fingerprint density at radius 1 is 1.09 bits per heavy atom. The van der Waals surface area contributed by atoms with Crippen molar-refractivity contribution < 1.29 is 9.59 Å². The fourth-order valence-electron chi connectivity index (χ4n) is 2.08. The van der Waals surface area contributed by atoms with Gasteiger partial charge in [-0.1, -0.05) is 6.07 Å². The number of amides is 2. The molecule has 0 saturated heterocycles. The molecule has 0 aliphatic rings. The Bertz CT molecular complexity index is 840. The lowest BCUT2D eigenvalue weighted by Gasteiger charge is -2.07. The zero-order valence-electron chi connectivity index (χ0n) is 12.0. The van der Waals surface area contributed by atoms with Crippen LogP contribution >= 0.6 is 0 Å². The SMILES string of the molecule is NC(=O)c1cncn1-c1ccc(C(=O)Nc2ccccn2)cc1. The molecular formula is C16H13N5O2. The van der Waals surface area contributed by atoms with E-state index in [2.05, 4.69) is 15.3 Å². The fourth-order valence-corrected chi connectivity index (χ4v) is 2.08. The first-order valence-corrected chi connectivity index (χ1v) is 6.80. The van der Waals surface area contributed by atoms with Gasteiger partial charge in [-0.3, -0.25) is 14.2 Å². The van der Waals surface area contributed by atoms with Crippen LogP contribution in [0.5, 0.6) is 0 Å². The van der Waals surface area contributed by atoms with Crippen molar-refractivity contribution in [2.24, 2.45) is 5.73 Å². The number of hydrogen-bond donors (Lipinski definition) is 2. The highest BCUT2D eigenvalue weighted by Crippen LogP contribution is 2.13. The van der Waals surface area contributed by atoms with Gasteiger partial charge in [0.05, 0.1) is 12.5 Å². The summed E-state index contributed by atoms with van der Waals surface area (Å²) < 4.78 is 1.56. The molecule has 7 heteroatoms. The molecule has 0 fully saturated rings. The van der Waals surface area contributed by atoms with Crippen LogP contribution in [0.15, 0.2) is 61.2 Å². The zero-order valence-corrected chi connectivity index (χ0v) is 12.0. The summed E-state index contributed by atoms with van der Waals surface area (Å²) in [5, 5.41) is 2.70. The summed E-state index contributed by atoms with van der Waals surface area (Å²) >= 11 is 0. The lowest BCUT2D eigenvalue weighted by atomic mass is 10.2. The number of nitrogens with zero attached hydrogens (tertiary/aromatic N) is 3.